The Morgan fingerprint density at radius 1 is 1.50 bits per heavy atom. The second-order valence-electron chi connectivity index (χ2n) is 1.27. The van der Waals surface area contributed by atoms with Crippen LogP contribution in [0.3, 0.4) is 0 Å². The van der Waals surface area contributed by atoms with Crippen molar-refractivity contribution < 1.29 is 9.90 Å². The highest BCUT2D eigenvalue weighted by Crippen LogP contribution is 2.26. The Kier molecular flexibility index (Phi) is 8.40. The van der Waals surface area contributed by atoms with Crippen LogP contribution in [0.1, 0.15) is 6.92 Å². The van der Waals surface area contributed by atoms with Crippen LogP contribution >= 0.6 is 46.4 Å². The van der Waals surface area contributed by atoms with Gasteiger partial charge in [0.05, 0.1) is 5.88 Å². The molecule has 0 atom stereocenters. The van der Waals surface area contributed by atoms with E-state index in [0.717, 1.165) is 6.92 Å². The summed E-state index contributed by atoms with van der Waals surface area (Å²) < 4.78 is -1.28. The van der Waals surface area contributed by atoms with Crippen molar-refractivity contribution in [3.63, 3.8) is 0 Å². The molecular formula is C4H6Cl4O2. The van der Waals surface area contributed by atoms with E-state index < -0.39 is 9.76 Å². The number of halogens is 4. The molecule has 1 N–H and O–H groups in total. The van der Waals surface area contributed by atoms with Crippen molar-refractivity contribution in [2.75, 3.05) is 5.88 Å². The Morgan fingerprint density at radius 3 is 1.60 bits per heavy atom. The molecule has 0 heterocycles. The van der Waals surface area contributed by atoms with Gasteiger partial charge >= 0.3 is 0 Å². The third kappa shape index (κ3) is 38.1. The highest BCUT2D eigenvalue weighted by atomic mass is 35.6. The minimum Gasteiger partial charge on any atom is -0.481 e. The lowest BCUT2D eigenvalue weighted by Gasteiger charge is -2.00. The molecule has 10 heavy (non-hydrogen) atoms. The maximum absolute atomic E-state index is 9.00. The van der Waals surface area contributed by atoms with Crippen molar-refractivity contribution in [2.45, 2.75) is 10.7 Å². The maximum Gasteiger partial charge on any atom is 0.300 e. The number of carbonyl (C=O) groups is 1. The summed E-state index contributed by atoms with van der Waals surface area (Å²) in [5.74, 6) is -0.794. The number of hydrogen-bond acceptors (Lipinski definition) is 1. The zero-order valence-corrected chi connectivity index (χ0v) is 8.10. The first kappa shape index (κ1) is 13.2. The molecule has 0 aromatic heterocycles. The summed E-state index contributed by atoms with van der Waals surface area (Å²) in [4.78, 5) is 9.00. The van der Waals surface area contributed by atoms with Gasteiger partial charge in [-0.25, -0.2) is 0 Å². The Bertz CT molecular complexity index is 93.9. The molecule has 0 fully saturated rings. The van der Waals surface area contributed by atoms with Crippen LogP contribution < -0.4 is 0 Å². The Hall–Kier alpha value is 0.630. The summed E-state index contributed by atoms with van der Waals surface area (Å²) >= 11 is 20.4. The third-order valence-corrected chi connectivity index (χ3v) is 1.36. The predicted molar refractivity (Wildman–Crippen MR) is 44.3 cm³/mol. The first-order chi connectivity index (χ1) is 4.29. The van der Waals surface area contributed by atoms with Crippen molar-refractivity contribution in [1.82, 2.24) is 0 Å². The second-order valence-corrected chi connectivity index (χ2v) is 4.05. The number of hydrogen-bond donors (Lipinski definition) is 1. The van der Waals surface area contributed by atoms with E-state index in [1.54, 1.807) is 0 Å². The lowest BCUT2D eigenvalue weighted by atomic mass is 10.9. The zero-order valence-electron chi connectivity index (χ0n) is 5.07. The number of carboxylic acids is 1. The van der Waals surface area contributed by atoms with Gasteiger partial charge in [-0.15, -0.1) is 11.6 Å². The molecule has 0 spiro atoms. The molecule has 2 nitrogen and oxygen atoms in total. The van der Waals surface area contributed by atoms with E-state index in [1.165, 1.54) is 0 Å². The van der Waals surface area contributed by atoms with Crippen LogP contribution in [-0.4, -0.2) is 20.7 Å². The van der Waals surface area contributed by atoms with Crippen LogP contribution in [0.25, 0.3) is 0 Å². The van der Waals surface area contributed by atoms with Crippen molar-refractivity contribution in [2.24, 2.45) is 0 Å². The van der Waals surface area contributed by atoms with Gasteiger partial charge < -0.3 is 5.11 Å². The summed E-state index contributed by atoms with van der Waals surface area (Å²) in [6.07, 6.45) is 0. The van der Waals surface area contributed by atoms with E-state index in [9.17, 15) is 0 Å². The smallest absolute Gasteiger partial charge is 0.300 e. The third-order valence-electron chi connectivity index (χ3n) is 0.152. The molecule has 0 saturated carbocycles. The molecule has 0 aliphatic carbocycles. The molecule has 0 aromatic carbocycles. The fourth-order valence-electron chi connectivity index (χ4n) is 0. The summed E-state index contributed by atoms with van der Waals surface area (Å²) in [5.41, 5.74) is 0. The van der Waals surface area contributed by atoms with Gasteiger partial charge in [0, 0.05) is 6.92 Å². The maximum atomic E-state index is 9.00. The zero-order chi connectivity index (χ0) is 8.78. The summed E-state index contributed by atoms with van der Waals surface area (Å²) in [6.45, 7) is 1.08. The van der Waals surface area contributed by atoms with Crippen LogP contribution in [-0.2, 0) is 4.79 Å². The number of rotatable bonds is 0. The molecule has 0 aliphatic heterocycles. The quantitative estimate of drug-likeness (QED) is 0.647. The number of alkyl halides is 4. The fourth-order valence-corrected chi connectivity index (χ4v) is 0. The molecule has 0 radical (unpaired) electrons. The first-order valence-electron chi connectivity index (χ1n) is 2.12. The standard InChI is InChI=1S/C2H2Cl4.C2H4O2/c3-1-2(4,5)6;1-2(3)4/h1H2;1H3,(H,3,4). The minimum atomic E-state index is -1.28. The molecule has 0 rings (SSSR count). The van der Waals surface area contributed by atoms with Gasteiger partial charge in [-0.2, -0.15) is 0 Å². The van der Waals surface area contributed by atoms with E-state index in [0.29, 0.717) is 0 Å². The molecule has 0 aliphatic rings. The highest BCUT2D eigenvalue weighted by molar-refractivity contribution is 6.69. The lowest BCUT2D eigenvalue weighted by molar-refractivity contribution is -0.134. The van der Waals surface area contributed by atoms with Crippen LogP contribution in [0.5, 0.6) is 0 Å². The van der Waals surface area contributed by atoms with E-state index in [4.69, 9.17) is 56.3 Å². The van der Waals surface area contributed by atoms with Crippen molar-refractivity contribution in [3.05, 3.63) is 0 Å². The summed E-state index contributed by atoms with van der Waals surface area (Å²) in [7, 11) is 0. The molecule has 6 heteroatoms. The average molecular weight is 228 g/mol. The van der Waals surface area contributed by atoms with E-state index in [1.807, 2.05) is 0 Å². The lowest BCUT2D eigenvalue weighted by Crippen LogP contribution is -2.01. The summed E-state index contributed by atoms with van der Waals surface area (Å²) in [6, 6.07) is 0. The average Bonchev–Trinajstić information content (AvgIpc) is 1.63. The van der Waals surface area contributed by atoms with Crippen LogP contribution in [0, 0.1) is 0 Å². The highest BCUT2D eigenvalue weighted by Gasteiger charge is 2.16. The molecule has 0 amide bonds. The van der Waals surface area contributed by atoms with Crippen LogP contribution in [0.15, 0.2) is 0 Å². The van der Waals surface area contributed by atoms with Crippen molar-refractivity contribution in [3.8, 4) is 0 Å². The number of aliphatic carboxylic acids is 1. The molecule has 0 aromatic rings. The monoisotopic (exact) mass is 226 g/mol. The normalized spacial score (nSPS) is 9.70. The molecule has 0 bridgehead atoms. The topological polar surface area (TPSA) is 37.3 Å². The molecule has 0 unspecified atom stereocenters. The Morgan fingerprint density at radius 2 is 1.60 bits per heavy atom. The largest absolute Gasteiger partial charge is 0.481 e. The van der Waals surface area contributed by atoms with E-state index in [-0.39, 0.29) is 5.88 Å². The van der Waals surface area contributed by atoms with Crippen molar-refractivity contribution >= 4 is 52.4 Å². The molecular weight excluding hydrogens is 222 g/mol. The predicted octanol–water partition coefficient (Wildman–Crippen LogP) is 2.69. The van der Waals surface area contributed by atoms with Gasteiger partial charge in [0.15, 0.2) is 0 Å². The SMILES string of the molecule is CC(=O)O.ClCC(Cl)(Cl)Cl. The molecule has 0 saturated heterocycles. The van der Waals surface area contributed by atoms with Gasteiger partial charge in [0.1, 0.15) is 0 Å². The van der Waals surface area contributed by atoms with E-state index in [2.05, 4.69) is 0 Å². The fraction of sp³-hybridized carbons (Fsp3) is 0.750. The van der Waals surface area contributed by atoms with Crippen LogP contribution in [0.4, 0.5) is 0 Å². The van der Waals surface area contributed by atoms with Gasteiger partial charge in [0.25, 0.3) is 5.97 Å². The van der Waals surface area contributed by atoms with Crippen LogP contribution in [0.2, 0.25) is 0 Å². The Balaban J connectivity index is 0. The molecule has 62 valence electrons. The van der Waals surface area contributed by atoms with Gasteiger partial charge in [-0.3, -0.25) is 4.79 Å². The number of carboxylic acid groups (broad SMARTS) is 1. The Labute approximate surface area is 79.0 Å². The van der Waals surface area contributed by atoms with Crippen molar-refractivity contribution in [1.29, 1.82) is 0 Å². The van der Waals surface area contributed by atoms with Gasteiger partial charge in [-0.1, -0.05) is 34.8 Å². The minimum absolute atomic E-state index is 0.0394. The van der Waals surface area contributed by atoms with Gasteiger partial charge in [-0.05, 0) is 0 Å². The van der Waals surface area contributed by atoms with E-state index >= 15 is 0 Å². The first-order valence-corrected chi connectivity index (χ1v) is 3.78. The van der Waals surface area contributed by atoms with Gasteiger partial charge in [0.2, 0.25) is 3.79 Å². The second kappa shape index (κ2) is 6.35. The summed E-state index contributed by atoms with van der Waals surface area (Å²) in [5, 5.41) is 7.42.